The average molecular weight is 417 g/mol. The lowest BCUT2D eigenvalue weighted by Crippen LogP contribution is -2.34. The zero-order valence-corrected chi connectivity index (χ0v) is 17.2. The maximum atomic E-state index is 12.6. The third-order valence-electron chi connectivity index (χ3n) is 3.96. The van der Waals surface area contributed by atoms with Gasteiger partial charge in [-0.3, -0.25) is 20.2 Å². The topological polar surface area (TPSA) is 103 Å². The van der Waals surface area contributed by atoms with Crippen molar-refractivity contribution in [3.05, 3.63) is 58.1 Å². The second kappa shape index (κ2) is 10.4. The molecule has 0 bridgehead atoms. The summed E-state index contributed by atoms with van der Waals surface area (Å²) in [4.78, 5) is 23.3. The van der Waals surface area contributed by atoms with E-state index in [1.165, 1.54) is 19.2 Å². The lowest BCUT2D eigenvalue weighted by molar-refractivity contribution is -0.384. The van der Waals surface area contributed by atoms with Gasteiger partial charge in [0.15, 0.2) is 5.11 Å². The number of ether oxygens (including phenoxy) is 2. The fourth-order valence-electron chi connectivity index (χ4n) is 2.40. The molecule has 0 fully saturated rings. The minimum absolute atomic E-state index is 0.0692. The largest absolute Gasteiger partial charge is 0.496 e. The Morgan fingerprint density at radius 3 is 2.62 bits per heavy atom. The van der Waals surface area contributed by atoms with Crippen LogP contribution in [-0.2, 0) is 0 Å². The van der Waals surface area contributed by atoms with E-state index in [1.54, 1.807) is 30.3 Å². The molecule has 2 aromatic rings. The van der Waals surface area contributed by atoms with Gasteiger partial charge in [0.2, 0.25) is 0 Å². The zero-order chi connectivity index (χ0) is 21.4. The fourth-order valence-corrected chi connectivity index (χ4v) is 2.61. The lowest BCUT2D eigenvalue weighted by atomic mass is 10.1. The number of thiocarbonyl (C=S) groups is 1. The van der Waals surface area contributed by atoms with Gasteiger partial charge in [0, 0.05) is 0 Å². The zero-order valence-electron chi connectivity index (χ0n) is 16.4. The van der Waals surface area contributed by atoms with Crippen molar-refractivity contribution in [2.75, 3.05) is 19.0 Å². The smallest absolute Gasteiger partial charge is 0.296 e. The highest BCUT2D eigenvalue weighted by Gasteiger charge is 2.18. The van der Waals surface area contributed by atoms with Gasteiger partial charge in [0.25, 0.3) is 11.6 Å². The summed E-state index contributed by atoms with van der Waals surface area (Å²) in [6.07, 6.45) is 0.858. The van der Waals surface area contributed by atoms with Gasteiger partial charge in [-0.2, -0.15) is 0 Å². The predicted octanol–water partition coefficient (Wildman–Crippen LogP) is 4.16. The molecule has 8 nitrogen and oxygen atoms in total. The molecule has 0 aromatic heterocycles. The highest BCUT2D eigenvalue weighted by molar-refractivity contribution is 7.80. The van der Waals surface area contributed by atoms with E-state index < -0.39 is 10.8 Å². The van der Waals surface area contributed by atoms with Crippen molar-refractivity contribution in [1.29, 1.82) is 0 Å². The Labute approximate surface area is 174 Å². The van der Waals surface area contributed by atoms with Crippen molar-refractivity contribution < 1.29 is 19.2 Å². The number of benzene rings is 2. The summed E-state index contributed by atoms with van der Waals surface area (Å²) in [5, 5.41) is 16.4. The van der Waals surface area contributed by atoms with E-state index in [9.17, 15) is 14.9 Å². The van der Waals surface area contributed by atoms with E-state index in [4.69, 9.17) is 21.7 Å². The molecule has 0 saturated carbocycles. The Bertz CT molecular complexity index is 901. The molecular formula is C20H23N3O5S. The first-order valence-electron chi connectivity index (χ1n) is 8.98. The predicted molar refractivity (Wildman–Crippen MR) is 115 cm³/mol. The number of carbonyl (C=O) groups is 1. The standard InChI is InChI=1S/C20H23N3O5S/c1-13(2)10-11-28-18-7-5-4-6-15(18)19(24)22-20(29)21-16-9-8-14(27-3)12-17(16)23(25)26/h4-9,12-13H,10-11H2,1-3H3,(H2,21,22,24,29). The first-order chi connectivity index (χ1) is 13.8. The van der Waals surface area contributed by atoms with E-state index >= 15 is 0 Å². The number of anilines is 1. The molecule has 0 aliphatic carbocycles. The molecule has 9 heteroatoms. The van der Waals surface area contributed by atoms with Crippen molar-refractivity contribution in [1.82, 2.24) is 5.32 Å². The number of nitrogens with one attached hydrogen (secondary N) is 2. The normalized spacial score (nSPS) is 10.3. The molecular weight excluding hydrogens is 394 g/mol. The summed E-state index contributed by atoms with van der Waals surface area (Å²) in [7, 11) is 1.41. The summed E-state index contributed by atoms with van der Waals surface area (Å²) in [6, 6.07) is 11.1. The second-order valence-corrected chi connectivity index (χ2v) is 6.98. The first kappa shape index (κ1) is 22.1. The van der Waals surface area contributed by atoms with Crippen LogP contribution in [0.2, 0.25) is 0 Å². The number of carbonyl (C=O) groups excluding carboxylic acids is 1. The minimum Gasteiger partial charge on any atom is -0.496 e. The minimum atomic E-state index is -0.562. The second-order valence-electron chi connectivity index (χ2n) is 6.58. The number of nitro benzene ring substituents is 1. The first-order valence-corrected chi connectivity index (χ1v) is 9.39. The van der Waals surface area contributed by atoms with Gasteiger partial charge in [-0.25, -0.2) is 0 Å². The van der Waals surface area contributed by atoms with E-state index in [1.807, 2.05) is 0 Å². The molecule has 0 atom stereocenters. The molecule has 1 amide bonds. The average Bonchev–Trinajstić information content (AvgIpc) is 2.68. The van der Waals surface area contributed by atoms with Crippen LogP contribution in [0.4, 0.5) is 11.4 Å². The van der Waals surface area contributed by atoms with Gasteiger partial charge in [-0.1, -0.05) is 26.0 Å². The molecule has 2 N–H and O–H groups in total. The van der Waals surface area contributed by atoms with Crippen LogP contribution in [0.1, 0.15) is 30.6 Å². The summed E-state index contributed by atoms with van der Waals surface area (Å²) in [5.74, 6) is 0.792. The van der Waals surface area contributed by atoms with Gasteiger partial charge >= 0.3 is 0 Å². The van der Waals surface area contributed by atoms with Crippen molar-refractivity contribution >= 4 is 34.6 Å². The number of amides is 1. The number of hydrogen-bond donors (Lipinski definition) is 2. The monoisotopic (exact) mass is 417 g/mol. The Morgan fingerprint density at radius 2 is 1.97 bits per heavy atom. The van der Waals surface area contributed by atoms with Crippen molar-refractivity contribution in [3.8, 4) is 11.5 Å². The molecule has 154 valence electrons. The Balaban J connectivity index is 2.09. The highest BCUT2D eigenvalue weighted by Crippen LogP contribution is 2.29. The summed E-state index contributed by atoms with van der Waals surface area (Å²) in [5.41, 5.74) is 0.241. The van der Waals surface area contributed by atoms with Gasteiger partial charge in [-0.15, -0.1) is 0 Å². The molecule has 29 heavy (non-hydrogen) atoms. The molecule has 0 heterocycles. The van der Waals surface area contributed by atoms with Gasteiger partial charge < -0.3 is 14.8 Å². The van der Waals surface area contributed by atoms with E-state index in [0.717, 1.165) is 6.42 Å². The molecule has 0 unspecified atom stereocenters. The van der Waals surface area contributed by atoms with Crippen LogP contribution in [0.3, 0.4) is 0 Å². The van der Waals surface area contributed by atoms with Crippen LogP contribution in [0.5, 0.6) is 11.5 Å². The molecule has 0 aliphatic rings. The fraction of sp³-hybridized carbons (Fsp3) is 0.300. The van der Waals surface area contributed by atoms with Crippen LogP contribution < -0.4 is 20.1 Å². The molecule has 2 rings (SSSR count). The van der Waals surface area contributed by atoms with Crippen molar-refractivity contribution in [2.24, 2.45) is 5.92 Å². The molecule has 0 radical (unpaired) electrons. The Morgan fingerprint density at radius 1 is 1.24 bits per heavy atom. The molecule has 0 saturated heterocycles. The van der Waals surface area contributed by atoms with Crippen LogP contribution in [0, 0.1) is 16.0 Å². The third-order valence-corrected chi connectivity index (χ3v) is 4.17. The Hall–Kier alpha value is -3.20. The van der Waals surface area contributed by atoms with Crippen molar-refractivity contribution in [2.45, 2.75) is 20.3 Å². The van der Waals surface area contributed by atoms with Gasteiger partial charge in [0.1, 0.15) is 17.2 Å². The molecule has 0 aliphatic heterocycles. The van der Waals surface area contributed by atoms with E-state index in [0.29, 0.717) is 29.6 Å². The summed E-state index contributed by atoms with van der Waals surface area (Å²) >= 11 is 5.15. The van der Waals surface area contributed by atoms with Crippen LogP contribution in [0.25, 0.3) is 0 Å². The number of nitrogens with zero attached hydrogens (tertiary/aromatic N) is 1. The SMILES string of the molecule is COc1ccc(NC(=S)NC(=O)c2ccccc2OCCC(C)C)c([N+](=O)[O-])c1. The van der Waals surface area contributed by atoms with Gasteiger partial charge in [0.05, 0.1) is 30.3 Å². The summed E-state index contributed by atoms with van der Waals surface area (Å²) in [6.45, 7) is 4.66. The molecule has 0 spiro atoms. The lowest BCUT2D eigenvalue weighted by Gasteiger charge is -2.14. The number of para-hydroxylation sites is 1. The maximum Gasteiger partial charge on any atom is 0.296 e. The quantitative estimate of drug-likeness (QED) is 0.378. The number of methoxy groups -OCH3 is 1. The highest BCUT2D eigenvalue weighted by atomic mass is 32.1. The number of nitro groups is 1. The van der Waals surface area contributed by atoms with Crippen LogP contribution >= 0.6 is 12.2 Å². The van der Waals surface area contributed by atoms with Crippen LogP contribution in [0.15, 0.2) is 42.5 Å². The van der Waals surface area contributed by atoms with E-state index in [2.05, 4.69) is 24.5 Å². The van der Waals surface area contributed by atoms with E-state index in [-0.39, 0.29) is 16.5 Å². The number of hydrogen-bond acceptors (Lipinski definition) is 6. The molecule has 2 aromatic carbocycles. The number of rotatable bonds is 8. The Kier molecular flexibility index (Phi) is 7.90. The summed E-state index contributed by atoms with van der Waals surface area (Å²) < 4.78 is 10.7. The van der Waals surface area contributed by atoms with Crippen LogP contribution in [-0.4, -0.2) is 29.7 Å². The van der Waals surface area contributed by atoms with Crippen molar-refractivity contribution in [3.63, 3.8) is 0 Å². The maximum absolute atomic E-state index is 12.6. The third kappa shape index (κ3) is 6.42. The van der Waals surface area contributed by atoms with Gasteiger partial charge in [-0.05, 0) is 48.8 Å².